The molecule has 1 aliphatic heterocycles. The number of aliphatic hydroxyl groups is 1. The highest BCUT2D eigenvalue weighted by Crippen LogP contribution is 2.34. The van der Waals surface area contributed by atoms with Crippen molar-refractivity contribution in [2.24, 2.45) is 0 Å². The van der Waals surface area contributed by atoms with Gasteiger partial charge in [-0.3, -0.25) is 9.88 Å². The number of hydrogen-bond acceptors (Lipinski definition) is 5. The number of nitrogens with zero attached hydrogens (tertiary/aromatic N) is 2. The number of alkyl halides is 3. The first-order valence-electron chi connectivity index (χ1n) is 9.34. The summed E-state index contributed by atoms with van der Waals surface area (Å²) in [5.41, 5.74) is 2.73. The van der Waals surface area contributed by atoms with E-state index in [1.165, 1.54) is 30.5 Å². The zero-order valence-electron chi connectivity index (χ0n) is 15.8. The van der Waals surface area contributed by atoms with Gasteiger partial charge in [-0.15, -0.1) is 13.2 Å². The molecule has 1 atom stereocenters. The standard InChI is InChI=1S/C22H19F3N2O3/c23-22(24,25)30-17-8-6-16(7-9-17)19-12-18-20(13-26-19)29-11-10-27(21(18)28)14-15-4-2-1-3-5-15/h1-9,12-13,21,28H,10-11,14H2. The smallest absolute Gasteiger partial charge is 0.490 e. The van der Waals surface area contributed by atoms with Crippen molar-refractivity contribution in [3.63, 3.8) is 0 Å². The monoisotopic (exact) mass is 416 g/mol. The van der Waals surface area contributed by atoms with Gasteiger partial charge in [-0.1, -0.05) is 30.3 Å². The Labute approximate surface area is 171 Å². The molecule has 1 aliphatic rings. The third kappa shape index (κ3) is 4.72. The van der Waals surface area contributed by atoms with Crippen molar-refractivity contribution in [3.8, 4) is 22.8 Å². The Hall–Kier alpha value is -3.10. The van der Waals surface area contributed by atoms with E-state index in [0.29, 0.717) is 42.3 Å². The van der Waals surface area contributed by atoms with E-state index in [1.54, 1.807) is 6.07 Å². The van der Waals surface area contributed by atoms with E-state index in [4.69, 9.17) is 4.74 Å². The Bertz CT molecular complexity index is 995. The third-order valence-corrected chi connectivity index (χ3v) is 4.77. The molecule has 0 bridgehead atoms. The number of pyridine rings is 1. The molecule has 3 aromatic rings. The molecule has 0 saturated heterocycles. The molecule has 0 aliphatic carbocycles. The van der Waals surface area contributed by atoms with Gasteiger partial charge in [-0.05, 0) is 35.9 Å². The summed E-state index contributed by atoms with van der Waals surface area (Å²) in [6.45, 7) is 1.48. The van der Waals surface area contributed by atoms with Gasteiger partial charge in [0, 0.05) is 24.2 Å². The summed E-state index contributed by atoms with van der Waals surface area (Å²) >= 11 is 0. The molecule has 0 spiro atoms. The number of ether oxygens (including phenoxy) is 2. The van der Waals surface area contributed by atoms with Crippen molar-refractivity contribution in [2.75, 3.05) is 13.2 Å². The fraction of sp³-hybridized carbons (Fsp3) is 0.227. The predicted octanol–water partition coefficient (Wildman–Crippen LogP) is 4.53. The highest BCUT2D eigenvalue weighted by Gasteiger charge is 2.31. The molecule has 1 N–H and O–H groups in total. The van der Waals surface area contributed by atoms with E-state index in [-0.39, 0.29) is 5.75 Å². The van der Waals surface area contributed by atoms with Gasteiger partial charge in [-0.25, -0.2) is 0 Å². The number of benzene rings is 2. The second kappa shape index (κ2) is 8.33. The molecule has 2 aromatic carbocycles. The summed E-state index contributed by atoms with van der Waals surface area (Å²) in [6, 6.07) is 16.9. The number of fused-ring (bicyclic) bond motifs is 1. The predicted molar refractivity (Wildman–Crippen MR) is 104 cm³/mol. The minimum Gasteiger partial charge on any atom is -0.490 e. The maximum absolute atomic E-state index is 12.3. The average molecular weight is 416 g/mol. The minimum atomic E-state index is -4.74. The molecule has 5 nitrogen and oxygen atoms in total. The topological polar surface area (TPSA) is 54.8 Å². The Kier molecular flexibility index (Phi) is 5.61. The van der Waals surface area contributed by atoms with Crippen molar-refractivity contribution in [3.05, 3.63) is 78.0 Å². The third-order valence-electron chi connectivity index (χ3n) is 4.77. The molecule has 1 unspecified atom stereocenters. The van der Waals surface area contributed by atoms with E-state index in [1.807, 2.05) is 35.2 Å². The van der Waals surface area contributed by atoms with Gasteiger partial charge >= 0.3 is 6.36 Å². The van der Waals surface area contributed by atoms with Crippen LogP contribution in [0.25, 0.3) is 11.3 Å². The van der Waals surface area contributed by atoms with Crippen molar-refractivity contribution in [1.82, 2.24) is 9.88 Å². The lowest BCUT2D eigenvalue weighted by atomic mass is 10.1. The van der Waals surface area contributed by atoms with Crippen LogP contribution in [0.1, 0.15) is 17.4 Å². The molecule has 0 fully saturated rings. The van der Waals surface area contributed by atoms with Crippen LogP contribution in [0.4, 0.5) is 13.2 Å². The molecular weight excluding hydrogens is 397 g/mol. The quantitative estimate of drug-likeness (QED) is 0.677. The number of halogens is 3. The largest absolute Gasteiger partial charge is 0.573 e. The molecule has 2 heterocycles. The molecule has 1 aromatic heterocycles. The number of rotatable bonds is 4. The first kappa shape index (κ1) is 20.2. The highest BCUT2D eigenvalue weighted by atomic mass is 19.4. The van der Waals surface area contributed by atoms with Gasteiger partial charge in [0.25, 0.3) is 0 Å². The second-order valence-electron chi connectivity index (χ2n) is 6.86. The fourth-order valence-corrected chi connectivity index (χ4v) is 3.34. The highest BCUT2D eigenvalue weighted by molar-refractivity contribution is 5.62. The van der Waals surface area contributed by atoms with Crippen LogP contribution in [0.3, 0.4) is 0 Å². The number of hydrogen-bond donors (Lipinski definition) is 1. The van der Waals surface area contributed by atoms with Crippen LogP contribution < -0.4 is 9.47 Å². The molecule has 4 rings (SSSR count). The molecule has 30 heavy (non-hydrogen) atoms. The van der Waals surface area contributed by atoms with Crippen LogP contribution in [0.15, 0.2) is 66.9 Å². The van der Waals surface area contributed by atoms with Crippen LogP contribution in [-0.2, 0) is 6.54 Å². The lowest BCUT2D eigenvalue weighted by molar-refractivity contribution is -0.274. The number of aliphatic hydroxyl groups excluding tert-OH is 1. The van der Waals surface area contributed by atoms with Gasteiger partial charge in [-0.2, -0.15) is 0 Å². The van der Waals surface area contributed by atoms with Crippen LogP contribution in [0, 0.1) is 0 Å². The first-order valence-corrected chi connectivity index (χ1v) is 9.34. The Balaban J connectivity index is 1.58. The molecule has 0 amide bonds. The molecular formula is C22H19F3N2O3. The molecule has 156 valence electrons. The summed E-state index contributed by atoms with van der Waals surface area (Å²) in [5.74, 6) is 0.178. The van der Waals surface area contributed by atoms with Crippen LogP contribution >= 0.6 is 0 Å². The maximum Gasteiger partial charge on any atom is 0.573 e. The summed E-state index contributed by atoms with van der Waals surface area (Å²) in [4.78, 5) is 6.23. The van der Waals surface area contributed by atoms with E-state index < -0.39 is 12.6 Å². The normalized spacial score (nSPS) is 17.0. The van der Waals surface area contributed by atoms with Crippen LogP contribution in [0.5, 0.6) is 11.5 Å². The lowest BCUT2D eigenvalue weighted by Gasteiger charge is -2.25. The molecule has 0 saturated carbocycles. The lowest BCUT2D eigenvalue weighted by Crippen LogP contribution is -2.29. The Morgan fingerprint density at radius 3 is 2.53 bits per heavy atom. The van der Waals surface area contributed by atoms with E-state index in [9.17, 15) is 18.3 Å². The van der Waals surface area contributed by atoms with Crippen molar-refractivity contribution in [1.29, 1.82) is 0 Å². The van der Waals surface area contributed by atoms with E-state index in [2.05, 4.69) is 9.72 Å². The van der Waals surface area contributed by atoms with Crippen LogP contribution in [0.2, 0.25) is 0 Å². The van der Waals surface area contributed by atoms with Gasteiger partial charge in [0.15, 0.2) is 0 Å². The Morgan fingerprint density at radius 1 is 1.10 bits per heavy atom. The summed E-state index contributed by atoms with van der Waals surface area (Å²) < 4.78 is 46.7. The maximum atomic E-state index is 12.3. The SMILES string of the molecule is OC1c2cc(-c3ccc(OC(F)(F)F)cc3)ncc2OCCN1Cc1ccccc1. The van der Waals surface area contributed by atoms with Crippen molar-refractivity contribution >= 4 is 0 Å². The first-order chi connectivity index (χ1) is 14.4. The van der Waals surface area contributed by atoms with E-state index >= 15 is 0 Å². The van der Waals surface area contributed by atoms with E-state index in [0.717, 1.165) is 5.56 Å². The summed E-state index contributed by atoms with van der Waals surface area (Å²) in [6.07, 6.45) is -4.12. The summed E-state index contributed by atoms with van der Waals surface area (Å²) in [7, 11) is 0. The van der Waals surface area contributed by atoms with Crippen molar-refractivity contribution < 1.29 is 27.8 Å². The minimum absolute atomic E-state index is 0.307. The van der Waals surface area contributed by atoms with Gasteiger partial charge in [0.1, 0.15) is 24.3 Å². The fourth-order valence-electron chi connectivity index (χ4n) is 3.34. The van der Waals surface area contributed by atoms with Gasteiger partial charge < -0.3 is 14.6 Å². The number of aromatic nitrogens is 1. The molecule has 0 radical (unpaired) electrons. The average Bonchev–Trinajstić information content (AvgIpc) is 2.87. The Morgan fingerprint density at radius 2 is 1.83 bits per heavy atom. The second-order valence-corrected chi connectivity index (χ2v) is 6.86. The van der Waals surface area contributed by atoms with Gasteiger partial charge in [0.05, 0.1) is 11.9 Å². The van der Waals surface area contributed by atoms with Crippen LogP contribution in [-0.4, -0.2) is 34.5 Å². The summed E-state index contributed by atoms with van der Waals surface area (Å²) in [5, 5.41) is 11.0. The zero-order valence-corrected chi connectivity index (χ0v) is 15.8. The zero-order chi connectivity index (χ0) is 21.1. The molecule has 8 heteroatoms. The van der Waals surface area contributed by atoms with Crippen molar-refractivity contribution in [2.45, 2.75) is 19.1 Å². The van der Waals surface area contributed by atoms with Gasteiger partial charge in [0.2, 0.25) is 0 Å².